The lowest BCUT2D eigenvalue weighted by molar-refractivity contribution is -0.136. The van der Waals surface area contributed by atoms with Crippen LogP contribution in [0.4, 0.5) is 24.5 Å². The molecule has 0 amide bonds. The van der Waals surface area contributed by atoms with Crippen LogP contribution in [0.3, 0.4) is 0 Å². The number of rotatable bonds is 2. The average Bonchev–Trinajstić information content (AvgIpc) is 2.29. The topological polar surface area (TPSA) is 38.0 Å². The third-order valence-electron chi connectivity index (χ3n) is 3.93. The van der Waals surface area contributed by atoms with Gasteiger partial charge in [0, 0.05) is 17.4 Å². The summed E-state index contributed by atoms with van der Waals surface area (Å²) in [6.45, 7) is 4.40. The zero-order chi connectivity index (χ0) is 15.0. The lowest BCUT2D eigenvalue weighted by Gasteiger charge is -2.36. The van der Waals surface area contributed by atoms with E-state index in [4.69, 9.17) is 5.73 Å². The molecule has 0 radical (unpaired) electrons. The Hall–Kier alpha value is -1.39. The molecule has 1 aliphatic rings. The Morgan fingerprint density at radius 2 is 2.00 bits per heavy atom. The number of halogens is 3. The molecule has 1 unspecified atom stereocenters. The third-order valence-corrected chi connectivity index (χ3v) is 3.93. The molecule has 0 aliphatic heterocycles. The van der Waals surface area contributed by atoms with Crippen LogP contribution in [-0.4, -0.2) is 6.04 Å². The molecule has 0 bridgehead atoms. The van der Waals surface area contributed by atoms with Gasteiger partial charge in [-0.15, -0.1) is 0 Å². The van der Waals surface area contributed by atoms with E-state index in [1.54, 1.807) is 6.07 Å². The molecule has 1 aliphatic carbocycles. The Kier molecular flexibility index (Phi) is 3.89. The number of nitrogen functional groups attached to an aromatic ring is 1. The van der Waals surface area contributed by atoms with E-state index in [2.05, 4.69) is 19.2 Å². The molecule has 1 aromatic carbocycles. The number of alkyl halides is 3. The molecular weight excluding hydrogens is 265 g/mol. The van der Waals surface area contributed by atoms with Gasteiger partial charge in [0.25, 0.3) is 0 Å². The number of nitrogens with two attached hydrogens (primary N) is 1. The van der Waals surface area contributed by atoms with Gasteiger partial charge in [0.05, 0.1) is 5.56 Å². The van der Waals surface area contributed by atoms with Crippen LogP contribution in [-0.2, 0) is 6.18 Å². The fraction of sp³-hybridized carbons (Fsp3) is 0.600. The van der Waals surface area contributed by atoms with E-state index >= 15 is 0 Å². The van der Waals surface area contributed by atoms with Crippen molar-refractivity contribution >= 4 is 11.4 Å². The fourth-order valence-electron chi connectivity index (χ4n) is 2.95. The lowest BCUT2D eigenvalue weighted by Crippen LogP contribution is -2.31. The first-order valence-corrected chi connectivity index (χ1v) is 6.91. The van der Waals surface area contributed by atoms with Crippen LogP contribution in [0.1, 0.15) is 45.1 Å². The second kappa shape index (κ2) is 5.19. The van der Waals surface area contributed by atoms with E-state index in [0.717, 1.165) is 25.3 Å². The highest BCUT2D eigenvalue weighted by Crippen LogP contribution is 2.38. The lowest BCUT2D eigenvalue weighted by atomic mass is 9.75. The predicted octanol–water partition coefficient (Wildman–Crippen LogP) is 4.67. The van der Waals surface area contributed by atoms with Crippen molar-refractivity contribution in [3.8, 4) is 0 Å². The Bertz CT molecular complexity index is 480. The van der Waals surface area contributed by atoms with Crippen LogP contribution >= 0.6 is 0 Å². The van der Waals surface area contributed by atoms with Gasteiger partial charge in [0.1, 0.15) is 0 Å². The number of anilines is 2. The first-order chi connectivity index (χ1) is 9.17. The van der Waals surface area contributed by atoms with Gasteiger partial charge < -0.3 is 11.1 Å². The largest absolute Gasteiger partial charge is 0.418 e. The number of nitrogens with one attached hydrogen (secondary N) is 1. The minimum absolute atomic E-state index is 0.225. The number of hydrogen-bond acceptors (Lipinski definition) is 2. The van der Waals surface area contributed by atoms with E-state index in [0.29, 0.717) is 5.69 Å². The van der Waals surface area contributed by atoms with E-state index in [9.17, 15) is 13.2 Å². The maximum atomic E-state index is 12.8. The van der Waals surface area contributed by atoms with Gasteiger partial charge in [-0.05, 0) is 42.9 Å². The Morgan fingerprint density at radius 3 is 2.60 bits per heavy atom. The predicted molar refractivity (Wildman–Crippen MR) is 75.5 cm³/mol. The van der Waals surface area contributed by atoms with Gasteiger partial charge in [0.2, 0.25) is 0 Å². The molecule has 1 aromatic rings. The summed E-state index contributed by atoms with van der Waals surface area (Å²) in [7, 11) is 0. The van der Waals surface area contributed by atoms with Gasteiger partial charge in [-0.1, -0.05) is 20.3 Å². The highest BCUT2D eigenvalue weighted by Gasteiger charge is 2.33. The summed E-state index contributed by atoms with van der Waals surface area (Å²) >= 11 is 0. The van der Waals surface area contributed by atoms with Crippen LogP contribution in [0.15, 0.2) is 18.2 Å². The first-order valence-electron chi connectivity index (χ1n) is 6.91. The highest BCUT2D eigenvalue weighted by molar-refractivity contribution is 5.58. The average molecular weight is 286 g/mol. The van der Waals surface area contributed by atoms with Gasteiger partial charge in [0.15, 0.2) is 0 Å². The summed E-state index contributed by atoms with van der Waals surface area (Å²) in [6, 6.07) is 4.27. The van der Waals surface area contributed by atoms with Crippen molar-refractivity contribution < 1.29 is 13.2 Å². The van der Waals surface area contributed by atoms with Crippen molar-refractivity contribution in [3.05, 3.63) is 23.8 Å². The smallest absolute Gasteiger partial charge is 0.398 e. The molecule has 0 aromatic heterocycles. The van der Waals surface area contributed by atoms with Crippen LogP contribution in [0.5, 0.6) is 0 Å². The number of hydrogen-bond donors (Lipinski definition) is 2. The minimum atomic E-state index is -4.41. The molecule has 3 N–H and O–H groups in total. The molecule has 1 fully saturated rings. The standard InChI is InChI=1S/C15H21F3N2/c1-14(2)7-3-4-11(9-14)20-10-5-6-13(19)12(8-10)15(16,17)18/h5-6,8,11,20H,3-4,7,9,19H2,1-2H3. The van der Waals surface area contributed by atoms with Crippen molar-refractivity contribution in [1.82, 2.24) is 0 Å². The second-order valence-electron chi connectivity index (χ2n) is 6.40. The summed E-state index contributed by atoms with van der Waals surface area (Å²) in [6.07, 6.45) is -0.173. The SMILES string of the molecule is CC1(C)CCCC(Nc2ccc(N)c(C(F)(F)F)c2)C1. The Balaban J connectivity index is 2.14. The van der Waals surface area contributed by atoms with Gasteiger partial charge in [-0.3, -0.25) is 0 Å². The molecule has 112 valence electrons. The van der Waals surface area contributed by atoms with Gasteiger partial charge in [-0.2, -0.15) is 13.2 Å². The van der Waals surface area contributed by atoms with Crippen molar-refractivity contribution in [2.24, 2.45) is 5.41 Å². The molecule has 1 atom stereocenters. The Labute approximate surface area is 117 Å². The zero-order valence-electron chi connectivity index (χ0n) is 11.8. The summed E-state index contributed by atoms with van der Waals surface area (Å²) in [5, 5.41) is 3.22. The summed E-state index contributed by atoms with van der Waals surface area (Å²) < 4.78 is 38.5. The van der Waals surface area contributed by atoms with Crippen LogP contribution in [0.2, 0.25) is 0 Å². The van der Waals surface area contributed by atoms with Gasteiger partial charge >= 0.3 is 6.18 Å². The molecular formula is C15H21F3N2. The highest BCUT2D eigenvalue weighted by atomic mass is 19.4. The normalized spacial score (nSPS) is 22.6. The molecule has 2 nitrogen and oxygen atoms in total. The van der Waals surface area contributed by atoms with Crippen LogP contribution in [0.25, 0.3) is 0 Å². The first kappa shape index (κ1) is 15.0. The minimum Gasteiger partial charge on any atom is -0.398 e. The second-order valence-corrected chi connectivity index (χ2v) is 6.40. The van der Waals surface area contributed by atoms with Crippen LogP contribution < -0.4 is 11.1 Å². The monoisotopic (exact) mass is 286 g/mol. The van der Waals surface area contributed by atoms with Crippen molar-refractivity contribution in [1.29, 1.82) is 0 Å². The molecule has 1 saturated carbocycles. The molecule has 2 rings (SSSR count). The molecule has 0 spiro atoms. The van der Waals surface area contributed by atoms with E-state index in [-0.39, 0.29) is 17.1 Å². The molecule has 20 heavy (non-hydrogen) atoms. The summed E-state index contributed by atoms with van der Waals surface area (Å²) in [4.78, 5) is 0. The third kappa shape index (κ3) is 3.58. The number of benzene rings is 1. The quantitative estimate of drug-likeness (QED) is 0.775. The van der Waals surface area contributed by atoms with E-state index < -0.39 is 11.7 Å². The van der Waals surface area contributed by atoms with Gasteiger partial charge in [-0.25, -0.2) is 0 Å². The van der Waals surface area contributed by atoms with Crippen molar-refractivity contribution in [2.75, 3.05) is 11.1 Å². The fourth-order valence-corrected chi connectivity index (χ4v) is 2.95. The summed E-state index contributed by atoms with van der Waals surface area (Å²) in [5.74, 6) is 0. The summed E-state index contributed by atoms with van der Waals surface area (Å²) in [5.41, 5.74) is 5.15. The molecule has 5 heteroatoms. The van der Waals surface area contributed by atoms with Crippen LogP contribution in [0, 0.1) is 5.41 Å². The van der Waals surface area contributed by atoms with E-state index in [1.807, 2.05) is 0 Å². The maximum absolute atomic E-state index is 12.8. The Morgan fingerprint density at radius 1 is 1.30 bits per heavy atom. The van der Waals surface area contributed by atoms with E-state index in [1.165, 1.54) is 12.5 Å². The van der Waals surface area contributed by atoms with Crippen molar-refractivity contribution in [3.63, 3.8) is 0 Å². The molecule has 0 heterocycles. The zero-order valence-corrected chi connectivity index (χ0v) is 11.8. The maximum Gasteiger partial charge on any atom is 0.418 e. The molecule has 0 saturated heterocycles. The van der Waals surface area contributed by atoms with Crippen molar-refractivity contribution in [2.45, 2.75) is 51.7 Å².